The Morgan fingerprint density at radius 2 is 1.84 bits per heavy atom. The van der Waals surface area contributed by atoms with E-state index in [4.69, 9.17) is 9.47 Å². The highest BCUT2D eigenvalue weighted by Gasteiger charge is 2.19. The number of carbonyl (C=O) groups excluding carboxylic acids is 1. The standard InChI is InChI=1S/C19H21FN2O3/c1-13(22(2)11-14-3-6-16(20)7-4-14)19(23)21-10-15-5-8-17-18(9-15)25-12-24-17/h3-9,13H,10-12H2,1-2H3,(H,21,23)/t13-/m0/s1. The minimum atomic E-state index is -0.306. The van der Waals surface area contributed by atoms with Crippen LogP contribution in [-0.4, -0.2) is 30.7 Å². The van der Waals surface area contributed by atoms with E-state index in [1.54, 1.807) is 12.1 Å². The zero-order valence-electron chi connectivity index (χ0n) is 14.3. The van der Waals surface area contributed by atoms with E-state index in [9.17, 15) is 9.18 Å². The topological polar surface area (TPSA) is 50.8 Å². The van der Waals surface area contributed by atoms with Crippen molar-refractivity contribution >= 4 is 5.91 Å². The molecule has 2 aromatic carbocycles. The van der Waals surface area contributed by atoms with Gasteiger partial charge in [-0.3, -0.25) is 9.69 Å². The number of nitrogens with zero attached hydrogens (tertiary/aromatic N) is 1. The highest BCUT2D eigenvalue weighted by molar-refractivity contribution is 5.81. The molecule has 0 spiro atoms. The molecule has 0 bridgehead atoms. The second-order valence-corrected chi connectivity index (χ2v) is 6.12. The lowest BCUT2D eigenvalue weighted by atomic mass is 10.1. The largest absolute Gasteiger partial charge is 0.454 e. The van der Waals surface area contributed by atoms with Gasteiger partial charge < -0.3 is 14.8 Å². The molecule has 1 amide bonds. The van der Waals surface area contributed by atoms with Gasteiger partial charge in [0.25, 0.3) is 0 Å². The third kappa shape index (κ3) is 4.28. The molecule has 1 aliphatic heterocycles. The van der Waals surface area contributed by atoms with E-state index in [0.717, 1.165) is 16.9 Å². The first kappa shape index (κ1) is 17.2. The molecule has 0 saturated carbocycles. The number of likely N-dealkylation sites (N-methyl/N-ethyl adjacent to an activating group) is 1. The van der Waals surface area contributed by atoms with Gasteiger partial charge in [0.05, 0.1) is 6.04 Å². The molecule has 1 N–H and O–H groups in total. The number of ether oxygens (including phenoxy) is 2. The maximum Gasteiger partial charge on any atom is 0.237 e. The Morgan fingerprint density at radius 3 is 2.60 bits per heavy atom. The van der Waals surface area contributed by atoms with Gasteiger partial charge in [-0.25, -0.2) is 4.39 Å². The Labute approximate surface area is 146 Å². The molecule has 0 fully saturated rings. The number of halogens is 1. The van der Waals surface area contributed by atoms with Crippen LogP contribution < -0.4 is 14.8 Å². The highest BCUT2D eigenvalue weighted by Crippen LogP contribution is 2.32. The SMILES string of the molecule is C[C@@H](C(=O)NCc1ccc2c(c1)OCO2)N(C)Cc1ccc(F)cc1. The first-order valence-corrected chi connectivity index (χ1v) is 8.14. The van der Waals surface area contributed by atoms with Gasteiger partial charge >= 0.3 is 0 Å². The maximum absolute atomic E-state index is 13.0. The van der Waals surface area contributed by atoms with E-state index >= 15 is 0 Å². The van der Waals surface area contributed by atoms with Crippen LogP contribution in [0.1, 0.15) is 18.1 Å². The lowest BCUT2D eigenvalue weighted by Crippen LogP contribution is -2.42. The Bertz CT molecular complexity index is 749. The molecule has 3 rings (SSSR count). The van der Waals surface area contributed by atoms with Crippen molar-refractivity contribution in [2.24, 2.45) is 0 Å². The quantitative estimate of drug-likeness (QED) is 0.875. The van der Waals surface area contributed by atoms with Crippen molar-refractivity contribution in [2.45, 2.75) is 26.1 Å². The van der Waals surface area contributed by atoms with Crippen molar-refractivity contribution in [3.8, 4) is 11.5 Å². The van der Waals surface area contributed by atoms with Crippen LogP contribution in [0, 0.1) is 5.82 Å². The summed E-state index contributed by atoms with van der Waals surface area (Å²) in [6.07, 6.45) is 0. The van der Waals surface area contributed by atoms with Gasteiger partial charge in [0, 0.05) is 13.1 Å². The summed E-state index contributed by atoms with van der Waals surface area (Å²) in [6, 6.07) is 11.6. The van der Waals surface area contributed by atoms with Gasteiger partial charge in [-0.1, -0.05) is 18.2 Å². The zero-order chi connectivity index (χ0) is 17.8. The van der Waals surface area contributed by atoms with Crippen molar-refractivity contribution in [3.05, 3.63) is 59.4 Å². The molecule has 25 heavy (non-hydrogen) atoms. The molecule has 0 aromatic heterocycles. The van der Waals surface area contributed by atoms with Crippen molar-refractivity contribution in [1.29, 1.82) is 0 Å². The molecule has 1 atom stereocenters. The molecular formula is C19H21FN2O3. The second-order valence-electron chi connectivity index (χ2n) is 6.12. The monoisotopic (exact) mass is 344 g/mol. The minimum Gasteiger partial charge on any atom is -0.454 e. The molecular weight excluding hydrogens is 323 g/mol. The summed E-state index contributed by atoms with van der Waals surface area (Å²) < 4.78 is 23.6. The Hall–Kier alpha value is -2.60. The molecule has 0 aliphatic carbocycles. The third-order valence-electron chi connectivity index (χ3n) is 4.29. The Kier molecular flexibility index (Phi) is 5.19. The fourth-order valence-corrected chi connectivity index (χ4v) is 2.60. The number of benzene rings is 2. The molecule has 0 saturated heterocycles. The smallest absolute Gasteiger partial charge is 0.237 e. The van der Waals surface area contributed by atoms with Crippen LogP contribution in [0.2, 0.25) is 0 Å². The number of hydrogen-bond donors (Lipinski definition) is 1. The fourth-order valence-electron chi connectivity index (χ4n) is 2.60. The van der Waals surface area contributed by atoms with E-state index < -0.39 is 0 Å². The summed E-state index contributed by atoms with van der Waals surface area (Å²) in [4.78, 5) is 14.3. The second kappa shape index (κ2) is 7.53. The number of amides is 1. The lowest BCUT2D eigenvalue weighted by Gasteiger charge is -2.24. The average molecular weight is 344 g/mol. The van der Waals surface area contributed by atoms with Gasteiger partial charge in [0.15, 0.2) is 11.5 Å². The fraction of sp³-hybridized carbons (Fsp3) is 0.316. The van der Waals surface area contributed by atoms with E-state index in [1.165, 1.54) is 12.1 Å². The molecule has 5 nitrogen and oxygen atoms in total. The van der Waals surface area contributed by atoms with Crippen molar-refractivity contribution < 1.29 is 18.7 Å². The predicted octanol–water partition coefficient (Wildman–Crippen LogP) is 2.69. The molecule has 2 aromatic rings. The normalized spacial score (nSPS) is 13.8. The van der Waals surface area contributed by atoms with Crippen LogP contribution in [0.4, 0.5) is 4.39 Å². The first-order valence-electron chi connectivity index (χ1n) is 8.14. The van der Waals surface area contributed by atoms with E-state index in [-0.39, 0.29) is 24.6 Å². The van der Waals surface area contributed by atoms with Gasteiger partial charge in [-0.2, -0.15) is 0 Å². The van der Waals surface area contributed by atoms with Crippen LogP contribution in [0.25, 0.3) is 0 Å². The van der Waals surface area contributed by atoms with Crippen molar-refractivity contribution in [1.82, 2.24) is 10.2 Å². The van der Waals surface area contributed by atoms with Gasteiger partial charge in [0.2, 0.25) is 12.7 Å². The van der Waals surface area contributed by atoms with Crippen LogP contribution >= 0.6 is 0 Å². The summed E-state index contributed by atoms with van der Waals surface area (Å²) in [7, 11) is 1.87. The number of hydrogen-bond acceptors (Lipinski definition) is 4. The van der Waals surface area contributed by atoms with Gasteiger partial charge in [-0.15, -0.1) is 0 Å². The van der Waals surface area contributed by atoms with E-state index in [0.29, 0.717) is 18.8 Å². The summed E-state index contributed by atoms with van der Waals surface area (Å²) >= 11 is 0. The summed E-state index contributed by atoms with van der Waals surface area (Å²) in [5, 5.41) is 2.93. The summed E-state index contributed by atoms with van der Waals surface area (Å²) in [5.74, 6) is 1.10. The third-order valence-corrected chi connectivity index (χ3v) is 4.29. The molecule has 1 heterocycles. The maximum atomic E-state index is 13.0. The minimum absolute atomic E-state index is 0.0673. The molecule has 132 valence electrons. The average Bonchev–Trinajstić information content (AvgIpc) is 3.08. The molecule has 6 heteroatoms. The first-order chi connectivity index (χ1) is 12.0. The predicted molar refractivity (Wildman–Crippen MR) is 91.7 cm³/mol. The number of rotatable bonds is 6. The van der Waals surface area contributed by atoms with Gasteiger partial charge in [0.1, 0.15) is 5.82 Å². The van der Waals surface area contributed by atoms with Gasteiger partial charge in [-0.05, 0) is 49.4 Å². The van der Waals surface area contributed by atoms with Crippen molar-refractivity contribution in [2.75, 3.05) is 13.8 Å². The van der Waals surface area contributed by atoms with E-state index in [1.807, 2.05) is 37.1 Å². The van der Waals surface area contributed by atoms with Crippen LogP contribution in [0.3, 0.4) is 0 Å². The number of nitrogens with one attached hydrogen (secondary N) is 1. The highest BCUT2D eigenvalue weighted by atomic mass is 19.1. The van der Waals surface area contributed by atoms with Crippen LogP contribution in [0.5, 0.6) is 11.5 Å². The van der Waals surface area contributed by atoms with Crippen LogP contribution in [0.15, 0.2) is 42.5 Å². The number of fused-ring (bicyclic) bond motifs is 1. The van der Waals surface area contributed by atoms with Crippen molar-refractivity contribution in [3.63, 3.8) is 0 Å². The molecule has 0 unspecified atom stereocenters. The van der Waals surface area contributed by atoms with Crippen LogP contribution in [-0.2, 0) is 17.9 Å². The lowest BCUT2D eigenvalue weighted by molar-refractivity contribution is -0.125. The molecule has 0 radical (unpaired) electrons. The zero-order valence-corrected chi connectivity index (χ0v) is 14.3. The Balaban J connectivity index is 1.52. The van der Waals surface area contributed by atoms with E-state index in [2.05, 4.69) is 5.32 Å². The molecule has 1 aliphatic rings. The summed E-state index contributed by atoms with van der Waals surface area (Å²) in [6.45, 7) is 3.07. The Morgan fingerprint density at radius 1 is 1.16 bits per heavy atom. The number of carbonyl (C=O) groups is 1. The summed E-state index contributed by atoms with van der Waals surface area (Å²) in [5.41, 5.74) is 1.91.